The quantitative estimate of drug-likeness (QED) is 0.686. The molecule has 3 amide bonds. The number of carbonyl (C=O) groups is 2. The summed E-state index contributed by atoms with van der Waals surface area (Å²) in [4.78, 5) is 26.6. The minimum absolute atomic E-state index is 0.0506. The first-order valence-electron chi connectivity index (χ1n) is 9.92. The number of carbonyl (C=O) groups excluding carboxylic acids is 2. The molecular formula is C23H27N3O3. The molecule has 29 heavy (non-hydrogen) atoms. The average molecular weight is 393 g/mol. The van der Waals surface area contributed by atoms with Crippen LogP contribution in [-0.2, 0) is 0 Å². The highest BCUT2D eigenvalue weighted by Gasteiger charge is 2.30. The summed E-state index contributed by atoms with van der Waals surface area (Å²) >= 11 is 0. The van der Waals surface area contributed by atoms with Crippen molar-refractivity contribution in [2.24, 2.45) is 0 Å². The number of hydrogen-bond donors (Lipinski definition) is 2. The van der Waals surface area contributed by atoms with Gasteiger partial charge in [0.05, 0.1) is 12.6 Å². The summed E-state index contributed by atoms with van der Waals surface area (Å²) in [5.74, 6) is 0.667. The maximum atomic E-state index is 12.8. The zero-order valence-corrected chi connectivity index (χ0v) is 16.7. The molecule has 2 aromatic carbocycles. The van der Waals surface area contributed by atoms with Gasteiger partial charge in [0.2, 0.25) is 0 Å². The zero-order chi connectivity index (χ0) is 20.6. The maximum absolute atomic E-state index is 12.8. The number of amides is 3. The van der Waals surface area contributed by atoms with E-state index in [0.29, 0.717) is 30.9 Å². The van der Waals surface area contributed by atoms with Crippen molar-refractivity contribution in [3.05, 3.63) is 72.3 Å². The number of nitrogens with one attached hydrogen (secondary N) is 2. The summed E-state index contributed by atoms with van der Waals surface area (Å²) in [6.45, 7) is 7.29. The van der Waals surface area contributed by atoms with E-state index in [1.54, 1.807) is 30.3 Å². The van der Waals surface area contributed by atoms with Crippen LogP contribution < -0.4 is 15.4 Å². The van der Waals surface area contributed by atoms with Crippen LogP contribution in [0.5, 0.6) is 5.75 Å². The van der Waals surface area contributed by atoms with Crippen LogP contribution in [0.15, 0.2) is 61.2 Å². The predicted octanol–water partition coefficient (Wildman–Crippen LogP) is 4.37. The minimum Gasteiger partial charge on any atom is -0.494 e. The molecule has 1 heterocycles. The number of benzene rings is 2. The second-order valence-electron chi connectivity index (χ2n) is 6.86. The Balaban J connectivity index is 1.63. The van der Waals surface area contributed by atoms with Crippen LogP contribution in [0, 0.1) is 0 Å². The fourth-order valence-electron chi connectivity index (χ4n) is 3.48. The van der Waals surface area contributed by atoms with Crippen molar-refractivity contribution in [3.8, 4) is 5.75 Å². The molecule has 152 valence electrons. The van der Waals surface area contributed by atoms with Gasteiger partial charge in [0, 0.05) is 24.3 Å². The molecule has 1 unspecified atom stereocenters. The molecule has 6 nitrogen and oxygen atoms in total. The van der Waals surface area contributed by atoms with Crippen LogP contribution in [0.3, 0.4) is 0 Å². The molecular weight excluding hydrogens is 366 g/mol. The molecule has 1 fully saturated rings. The molecule has 2 aromatic rings. The Hall–Kier alpha value is -3.28. The molecule has 0 bridgehead atoms. The third-order valence-corrected chi connectivity index (χ3v) is 4.89. The van der Waals surface area contributed by atoms with Gasteiger partial charge in [-0.3, -0.25) is 4.79 Å². The van der Waals surface area contributed by atoms with Crippen LogP contribution in [0.2, 0.25) is 0 Å². The highest BCUT2D eigenvalue weighted by atomic mass is 16.5. The van der Waals surface area contributed by atoms with Crippen molar-refractivity contribution in [3.63, 3.8) is 0 Å². The number of rotatable bonds is 7. The summed E-state index contributed by atoms with van der Waals surface area (Å²) in [5, 5.41) is 5.67. The van der Waals surface area contributed by atoms with E-state index in [0.717, 1.165) is 24.2 Å². The van der Waals surface area contributed by atoms with Gasteiger partial charge in [0.15, 0.2) is 0 Å². The first-order chi connectivity index (χ1) is 14.1. The van der Waals surface area contributed by atoms with E-state index in [-0.39, 0.29) is 18.0 Å². The second-order valence-corrected chi connectivity index (χ2v) is 6.86. The smallest absolute Gasteiger partial charge is 0.322 e. The first kappa shape index (κ1) is 20.5. The highest BCUT2D eigenvalue weighted by molar-refractivity contribution is 5.95. The van der Waals surface area contributed by atoms with E-state index in [1.165, 1.54) is 0 Å². The van der Waals surface area contributed by atoms with Crippen molar-refractivity contribution in [1.29, 1.82) is 0 Å². The number of likely N-dealkylation sites (tertiary alicyclic amines) is 1. The number of nitrogens with zero attached hydrogens (tertiary/aromatic N) is 1. The topological polar surface area (TPSA) is 70.7 Å². The van der Waals surface area contributed by atoms with Gasteiger partial charge in [0.1, 0.15) is 5.75 Å². The Morgan fingerprint density at radius 2 is 1.90 bits per heavy atom. The van der Waals surface area contributed by atoms with Gasteiger partial charge in [-0.15, -0.1) is 6.58 Å². The highest BCUT2D eigenvalue weighted by Crippen LogP contribution is 2.33. The lowest BCUT2D eigenvalue weighted by atomic mass is 10.0. The van der Waals surface area contributed by atoms with Gasteiger partial charge in [-0.25, -0.2) is 4.79 Å². The molecule has 0 aliphatic carbocycles. The normalized spacial score (nSPS) is 15.6. The van der Waals surface area contributed by atoms with Gasteiger partial charge in [-0.1, -0.05) is 18.2 Å². The summed E-state index contributed by atoms with van der Waals surface area (Å²) in [6, 6.07) is 14.7. The molecule has 3 rings (SSSR count). The van der Waals surface area contributed by atoms with Gasteiger partial charge in [0.25, 0.3) is 5.91 Å². The second kappa shape index (κ2) is 9.78. The van der Waals surface area contributed by atoms with Crippen LogP contribution in [-0.4, -0.2) is 36.5 Å². The molecule has 0 aromatic heterocycles. The van der Waals surface area contributed by atoms with Gasteiger partial charge in [-0.05, 0) is 61.7 Å². The van der Waals surface area contributed by atoms with Crippen LogP contribution in [0.1, 0.15) is 41.7 Å². The number of anilines is 1. The lowest BCUT2D eigenvalue weighted by Crippen LogP contribution is -2.34. The van der Waals surface area contributed by atoms with Crippen LogP contribution >= 0.6 is 0 Å². The molecule has 0 radical (unpaired) electrons. The van der Waals surface area contributed by atoms with E-state index in [9.17, 15) is 9.59 Å². The maximum Gasteiger partial charge on any atom is 0.322 e. The lowest BCUT2D eigenvalue weighted by Gasteiger charge is -2.25. The zero-order valence-electron chi connectivity index (χ0n) is 16.7. The Bertz CT molecular complexity index is 847. The summed E-state index contributed by atoms with van der Waals surface area (Å²) < 4.78 is 5.50. The van der Waals surface area contributed by atoms with Gasteiger partial charge in [-0.2, -0.15) is 0 Å². The molecule has 1 saturated heterocycles. The van der Waals surface area contributed by atoms with E-state index >= 15 is 0 Å². The molecule has 1 atom stereocenters. The molecule has 2 N–H and O–H groups in total. The molecule has 0 spiro atoms. The third kappa shape index (κ3) is 5.16. The summed E-state index contributed by atoms with van der Waals surface area (Å²) in [7, 11) is 0. The molecule has 1 aliphatic heterocycles. The summed E-state index contributed by atoms with van der Waals surface area (Å²) in [5.41, 5.74) is 2.31. The van der Waals surface area contributed by atoms with Crippen molar-refractivity contribution >= 4 is 17.6 Å². The number of urea groups is 1. The van der Waals surface area contributed by atoms with Crippen molar-refractivity contribution in [1.82, 2.24) is 10.2 Å². The standard InChI is InChI=1S/C23H27N3O3/c1-3-15-24-22(27)18-7-11-19(12-8-18)25-23(28)26-16-5-6-21(26)17-9-13-20(14-10-17)29-4-2/h3,7-14,21H,1,4-6,15-16H2,2H3,(H,24,27)(H,25,28). The van der Waals surface area contributed by atoms with E-state index in [1.807, 2.05) is 36.1 Å². The van der Waals surface area contributed by atoms with Crippen LogP contribution in [0.25, 0.3) is 0 Å². The average Bonchev–Trinajstić information content (AvgIpc) is 3.23. The molecule has 0 saturated carbocycles. The Morgan fingerprint density at radius 3 is 2.55 bits per heavy atom. The van der Waals surface area contributed by atoms with Crippen molar-refractivity contribution in [2.75, 3.05) is 25.0 Å². The monoisotopic (exact) mass is 393 g/mol. The lowest BCUT2D eigenvalue weighted by molar-refractivity contribution is 0.0958. The number of ether oxygens (including phenoxy) is 1. The molecule has 1 aliphatic rings. The Kier molecular flexibility index (Phi) is 6.89. The van der Waals surface area contributed by atoms with E-state index in [4.69, 9.17) is 4.74 Å². The van der Waals surface area contributed by atoms with Crippen molar-refractivity contribution < 1.29 is 14.3 Å². The van der Waals surface area contributed by atoms with E-state index < -0.39 is 0 Å². The SMILES string of the molecule is C=CCNC(=O)c1ccc(NC(=O)N2CCCC2c2ccc(OCC)cc2)cc1. The Labute approximate surface area is 171 Å². The predicted molar refractivity (Wildman–Crippen MR) is 114 cm³/mol. The number of hydrogen-bond acceptors (Lipinski definition) is 3. The Morgan fingerprint density at radius 1 is 1.17 bits per heavy atom. The largest absolute Gasteiger partial charge is 0.494 e. The van der Waals surface area contributed by atoms with Crippen LogP contribution in [0.4, 0.5) is 10.5 Å². The third-order valence-electron chi connectivity index (χ3n) is 4.89. The fraction of sp³-hybridized carbons (Fsp3) is 0.304. The first-order valence-corrected chi connectivity index (χ1v) is 9.92. The van der Waals surface area contributed by atoms with E-state index in [2.05, 4.69) is 17.2 Å². The van der Waals surface area contributed by atoms with Gasteiger partial charge >= 0.3 is 6.03 Å². The fourth-order valence-corrected chi connectivity index (χ4v) is 3.48. The van der Waals surface area contributed by atoms with Crippen molar-refractivity contribution in [2.45, 2.75) is 25.8 Å². The summed E-state index contributed by atoms with van der Waals surface area (Å²) in [6.07, 6.45) is 3.53. The van der Waals surface area contributed by atoms with Gasteiger partial charge < -0.3 is 20.3 Å². The minimum atomic E-state index is -0.169. The molecule has 6 heteroatoms.